The van der Waals surface area contributed by atoms with Gasteiger partial charge in [0.1, 0.15) is 0 Å². The second-order valence-electron chi connectivity index (χ2n) is 4.97. The lowest BCUT2D eigenvalue weighted by atomic mass is 10.2. The highest BCUT2D eigenvalue weighted by Crippen LogP contribution is 2.11. The molecule has 1 aromatic heterocycles. The Bertz CT molecular complexity index is 1020. The molecular weight excluding hydrogens is 294 g/mol. The summed E-state index contributed by atoms with van der Waals surface area (Å²) in [6.07, 6.45) is 1.66. The van der Waals surface area contributed by atoms with Crippen LogP contribution in [0.3, 0.4) is 0 Å². The first-order valence-electron chi connectivity index (χ1n) is 6.88. The third-order valence-electron chi connectivity index (χ3n) is 3.43. The fourth-order valence-corrected chi connectivity index (χ4v) is 2.26. The first kappa shape index (κ1) is 14.5. The molecule has 0 amide bonds. The average Bonchev–Trinajstić information content (AvgIpc) is 2.84. The van der Waals surface area contributed by atoms with Crippen molar-refractivity contribution >= 4 is 18.3 Å². The van der Waals surface area contributed by atoms with Crippen LogP contribution in [-0.4, -0.2) is 14.7 Å². The molecule has 0 fully saturated rings. The molecule has 0 saturated heterocycles. The van der Waals surface area contributed by atoms with E-state index in [1.54, 1.807) is 18.2 Å². The first-order valence-corrected chi connectivity index (χ1v) is 6.88. The predicted molar refractivity (Wildman–Crippen MR) is 87.8 cm³/mol. The SMILES string of the molecule is C=c1[nH]n(-c2ccccc2)c(=O)/c1=C\c1ccc([N+](=O)[O-])cc1. The van der Waals surface area contributed by atoms with Crippen LogP contribution in [0.15, 0.2) is 59.4 Å². The molecule has 114 valence electrons. The summed E-state index contributed by atoms with van der Waals surface area (Å²) in [5, 5.41) is 14.5. The maximum atomic E-state index is 12.5. The van der Waals surface area contributed by atoms with Gasteiger partial charge in [-0.2, -0.15) is 0 Å². The van der Waals surface area contributed by atoms with E-state index in [1.807, 2.05) is 30.3 Å². The van der Waals surface area contributed by atoms with Crippen LogP contribution in [0.25, 0.3) is 18.3 Å². The first-order chi connectivity index (χ1) is 11.1. The van der Waals surface area contributed by atoms with E-state index in [2.05, 4.69) is 11.7 Å². The zero-order chi connectivity index (χ0) is 16.4. The van der Waals surface area contributed by atoms with Crippen molar-refractivity contribution in [3.8, 4) is 5.69 Å². The van der Waals surface area contributed by atoms with Crippen molar-refractivity contribution in [1.29, 1.82) is 0 Å². The minimum atomic E-state index is -0.463. The molecule has 6 heteroatoms. The number of aromatic amines is 1. The van der Waals surface area contributed by atoms with E-state index in [9.17, 15) is 14.9 Å². The largest absolute Gasteiger partial charge is 0.291 e. The maximum absolute atomic E-state index is 12.5. The molecule has 6 nitrogen and oxygen atoms in total. The number of para-hydroxylation sites is 1. The van der Waals surface area contributed by atoms with Crippen LogP contribution in [0.4, 0.5) is 5.69 Å². The molecule has 2 aromatic carbocycles. The Morgan fingerprint density at radius 1 is 1.09 bits per heavy atom. The van der Waals surface area contributed by atoms with Crippen LogP contribution in [0, 0.1) is 10.1 Å². The van der Waals surface area contributed by atoms with Gasteiger partial charge in [0.05, 0.1) is 21.2 Å². The normalized spacial score (nSPS) is 11.6. The molecule has 3 rings (SSSR count). The van der Waals surface area contributed by atoms with Gasteiger partial charge in [0, 0.05) is 12.1 Å². The van der Waals surface area contributed by atoms with Gasteiger partial charge in [-0.25, -0.2) is 4.68 Å². The zero-order valence-corrected chi connectivity index (χ0v) is 12.1. The third-order valence-corrected chi connectivity index (χ3v) is 3.43. The van der Waals surface area contributed by atoms with Gasteiger partial charge in [0.15, 0.2) is 0 Å². The second-order valence-corrected chi connectivity index (χ2v) is 4.97. The predicted octanol–water partition coefficient (Wildman–Crippen LogP) is 1.31. The topological polar surface area (TPSA) is 80.9 Å². The summed E-state index contributed by atoms with van der Waals surface area (Å²) < 4.78 is 1.42. The van der Waals surface area contributed by atoms with E-state index < -0.39 is 4.92 Å². The fourth-order valence-electron chi connectivity index (χ4n) is 2.26. The van der Waals surface area contributed by atoms with Crippen molar-refractivity contribution < 1.29 is 4.92 Å². The molecule has 1 heterocycles. The van der Waals surface area contributed by atoms with Crippen LogP contribution in [-0.2, 0) is 0 Å². The van der Waals surface area contributed by atoms with Crippen molar-refractivity contribution in [3.05, 3.63) is 91.2 Å². The molecule has 0 aliphatic carbocycles. The van der Waals surface area contributed by atoms with Gasteiger partial charge in [0.2, 0.25) is 0 Å². The van der Waals surface area contributed by atoms with Crippen LogP contribution in [0.1, 0.15) is 5.56 Å². The summed E-state index contributed by atoms with van der Waals surface area (Å²) in [6.45, 7) is 3.85. The molecule has 0 unspecified atom stereocenters. The Balaban J connectivity index is 2.10. The Labute approximate surface area is 130 Å². The number of H-pyrrole nitrogens is 1. The summed E-state index contributed by atoms with van der Waals surface area (Å²) in [7, 11) is 0. The number of nitrogens with zero attached hydrogens (tertiary/aromatic N) is 2. The number of nitro benzene ring substituents is 1. The molecule has 23 heavy (non-hydrogen) atoms. The van der Waals surface area contributed by atoms with Crippen LogP contribution < -0.4 is 16.1 Å². The number of non-ortho nitro benzene ring substituents is 1. The van der Waals surface area contributed by atoms with Gasteiger partial charge in [0.25, 0.3) is 11.2 Å². The Morgan fingerprint density at radius 3 is 2.35 bits per heavy atom. The molecule has 1 N–H and O–H groups in total. The standard InChI is InChI=1S/C17H13N3O3/c1-12-16(11-13-7-9-15(10-8-13)20(22)23)17(21)19(18-12)14-5-3-2-4-6-14/h2-11,18H,1H2/b16-11-. The average molecular weight is 307 g/mol. The van der Waals surface area contributed by atoms with Crippen molar-refractivity contribution in [2.75, 3.05) is 0 Å². The molecule has 3 aromatic rings. The summed E-state index contributed by atoms with van der Waals surface area (Å²) >= 11 is 0. The van der Waals surface area contributed by atoms with E-state index in [-0.39, 0.29) is 11.2 Å². The lowest BCUT2D eigenvalue weighted by Crippen LogP contribution is -2.33. The number of nitrogens with one attached hydrogen (secondary N) is 1. The number of aromatic nitrogens is 2. The van der Waals surface area contributed by atoms with Crippen molar-refractivity contribution in [1.82, 2.24) is 9.78 Å². The van der Waals surface area contributed by atoms with Gasteiger partial charge < -0.3 is 0 Å². The fraction of sp³-hybridized carbons (Fsp3) is 0. The Hall–Kier alpha value is -3.41. The number of hydrogen-bond acceptors (Lipinski definition) is 3. The van der Waals surface area contributed by atoms with E-state index in [4.69, 9.17) is 0 Å². The highest BCUT2D eigenvalue weighted by Gasteiger charge is 2.06. The lowest BCUT2D eigenvalue weighted by Gasteiger charge is -1.98. The van der Waals surface area contributed by atoms with Crippen molar-refractivity contribution in [2.24, 2.45) is 0 Å². The van der Waals surface area contributed by atoms with Gasteiger partial charge in [-0.1, -0.05) is 24.8 Å². The van der Waals surface area contributed by atoms with Crippen LogP contribution >= 0.6 is 0 Å². The lowest BCUT2D eigenvalue weighted by molar-refractivity contribution is -0.384. The van der Waals surface area contributed by atoms with Gasteiger partial charge >= 0.3 is 0 Å². The molecule has 0 bridgehead atoms. The second kappa shape index (κ2) is 5.76. The number of nitro groups is 1. The Kier molecular flexibility index (Phi) is 3.64. The number of benzene rings is 2. The molecule has 0 aliphatic heterocycles. The van der Waals surface area contributed by atoms with Crippen molar-refractivity contribution in [2.45, 2.75) is 0 Å². The van der Waals surface area contributed by atoms with Gasteiger partial charge in [-0.15, -0.1) is 0 Å². The summed E-state index contributed by atoms with van der Waals surface area (Å²) in [4.78, 5) is 22.7. The Morgan fingerprint density at radius 2 is 1.74 bits per heavy atom. The molecule has 0 spiro atoms. The van der Waals surface area contributed by atoms with Gasteiger partial charge in [-0.05, 0) is 35.9 Å². The molecule has 0 atom stereocenters. The third kappa shape index (κ3) is 2.82. The quantitative estimate of drug-likeness (QED) is 0.585. The van der Waals surface area contributed by atoms with E-state index in [0.717, 1.165) is 0 Å². The molecule has 0 radical (unpaired) electrons. The monoisotopic (exact) mass is 307 g/mol. The van der Waals surface area contributed by atoms with E-state index in [0.29, 0.717) is 21.8 Å². The minimum absolute atomic E-state index is 0.00719. The minimum Gasteiger partial charge on any atom is -0.291 e. The molecule has 0 aliphatic rings. The highest BCUT2D eigenvalue weighted by atomic mass is 16.6. The zero-order valence-electron chi connectivity index (χ0n) is 12.1. The van der Waals surface area contributed by atoms with E-state index >= 15 is 0 Å². The highest BCUT2D eigenvalue weighted by molar-refractivity contribution is 5.52. The van der Waals surface area contributed by atoms with Crippen LogP contribution in [0.2, 0.25) is 0 Å². The molecule has 0 saturated carbocycles. The number of rotatable bonds is 3. The van der Waals surface area contributed by atoms with Crippen LogP contribution in [0.5, 0.6) is 0 Å². The summed E-state index contributed by atoms with van der Waals surface area (Å²) in [5.74, 6) is 0. The smallest absolute Gasteiger partial charge is 0.279 e. The van der Waals surface area contributed by atoms with Crippen molar-refractivity contribution in [3.63, 3.8) is 0 Å². The number of hydrogen-bond donors (Lipinski definition) is 1. The summed E-state index contributed by atoms with van der Waals surface area (Å²) in [6, 6.07) is 15.2. The summed E-state index contributed by atoms with van der Waals surface area (Å²) in [5.41, 5.74) is 1.19. The van der Waals surface area contributed by atoms with Gasteiger partial charge in [-0.3, -0.25) is 20.0 Å². The van der Waals surface area contributed by atoms with E-state index in [1.165, 1.54) is 16.8 Å². The molecular formula is C17H13N3O3. The maximum Gasteiger partial charge on any atom is 0.279 e.